The number of methoxy groups -OCH3 is 1. The van der Waals surface area contributed by atoms with Crippen LogP contribution in [0, 0.1) is 5.92 Å². The summed E-state index contributed by atoms with van der Waals surface area (Å²) < 4.78 is 5.12. The number of esters is 1. The molecule has 5 heteroatoms. The molecule has 0 aromatic heterocycles. The van der Waals surface area contributed by atoms with Gasteiger partial charge in [-0.15, -0.1) is 0 Å². The van der Waals surface area contributed by atoms with Crippen LogP contribution in [0.15, 0.2) is 70.9 Å². The summed E-state index contributed by atoms with van der Waals surface area (Å²) in [4.78, 5) is 33.0. The maximum atomic E-state index is 13.4. The van der Waals surface area contributed by atoms with Crippen molar-refractivity contribution >= 4 is 23.2 Å². The molecule has 0 fully saturated rings. The average Bonchev–Trinajstić information content (AvgIpc) is 2.78. The highest BCUT2D eigenvalue weighted by Crippen LogP contribution is 2.46. The average molecular weight is 417 g/mol. The van der Waals surface area contributed by atoms with Crippen LogP contribution in [0.4, 0.5) is 5.69 Å². The van der Waals surface area contributed by atoms with Crippen molar-refractivity contribution in [2.45, 2.75) is 31.6 Å². The van der Waals surface area contributed by atoms with Gasteiger partial charge in [-0.3, -0.25) is 14.6 Å². The van der Waals surface area contributed by atoms with Crippen LogP contribution in [-0.2, 0) is 14.3 Å². The van der Waals surface area contributed by atoms with Gasteiger partial charge in [0.05, 0.1) is 7.11 Å². The Labute approximate surface area is 183 Å². The molecule has 1 unspecified atom stereocenters. The van der Waals surface area contributed by atoms with E-state index in [1.165, 1.54) is 7.11 Å². The number of hydrogen-bond donors (Lipinski definition) is 0. The quantitative estimate of drug-likeness (QED) is 0.689. The van der Waals surface area contributed by atoms with Crippen LogP contribution < -0.4 is 4.90 Å². The Bertz CT molecular complexity index is 1050. The van der Waals surface area contributed by atoms with E-state index >= 15 is 0 Å². The summed E-state index contributed by atoms with van der Waals surface area (Å²) >= 11 is 0. The summed E-state index contributed by atoms with van der Waals surface area (Å²) in [5.41, 5.74) is 5.34. The summed E-state index contributed by atoms with van der Waals surface area (Å²) in [7, 11) is 5.36. The molecule has 0 saturated heterocycles. The van der Waals surface area contributed by atoms with E-state index < -0.39 is 5.92 Å². The molecule has 4 rings (SSSR count). The summed E-state index contributed by atoms with van der Waals surface area (Å²) in [6.45, 7) is 1.86. The van der Waals surface area contributed by atoms with Crippen LogP contribution in [0.3, 0.4) is 0 Å². The smallest absolute Gasteiger partial charge is 0.315 e. The van der Waals surface area contributed by atoms with Gasteiger partial charge in [0, 0.05) is 49.1 Å². The standard InChI is InChI=1S/C26H28N2O3/c1-16-23(26(30)31-4)24(18-10-12-20(13-11-18)28(2)3)25-21(27-16)14-19(15-22(25)29)17-8-6-5-7-9-17/h5-13,19,23-24H,14-15H2,1-4H3/t19-,23?,24-/m0/s1. The van der Waals surface area contributed by atoms with Crippen molar-refractivity contribution in [2.24, 2.45) is 10.9 Å². The molecule has 0 amide bonds. The number of allylic oxidation sites excluding steroid dienone is 2. The molecular weight excluding hydrogens is 388 g/mol. The normalized spacial score (nSPS) is 23.2. The summed E-state index contributed by atoms with van der Waals surface area (Å²) in [6, 6.07) is 18.2. The van der Waals surface area contributed by atoms with Crippen molar-refractivity contribution in [2.75, 3.05) is 26.1 Å². The molecule has 1 aliphatic heterocycles. The molecule has 0 N–H and O–H groups in total. The number of aliphatic imine (C=N–C) groups is 1. The van der Waals surface area contributed by atoms with Crippen LogP contribution in [0.1, 0.15) is 42.7 Å². The monoisotopic (exact) mass is 416 g/mol. The van der Waals surface area contributed by atoms with E-state index in [0.717, 1.165) is 22.5 Å². The van der Waals surface area contributed by atoms with Crippen molar-refractivity contribution in [1.82, 2.24) is 0 Å². The molecule has 0 radical (unpaired) electrons. The highest BCUT2D eigenvalue weighted by atomic mass is 16.5. The van der Waals surface area contributed by atoms with Crippen molar-refractivity contribution in [3.63, 3.8) is 0 Å². The number of Topliss-reactive ketones (excluding diaryl/α,β-unsaturated/α-hetero) is 1. The molecule has 160 valence electrons. The number of nitrogens with zero attached hydrogens (tertiary/aromatic N) is 2. The Morgan fingerprint density at radius 2 is 1.68 bits per heavy atom. The maximum Gasteiger partial charge on any atom is 0.315 e. The Balaban J connectivity index is 1.80. The first-order valence-electron chi connectivity index (χ1n) is 10.6. The zero-order valence-electron chi connectivity index (χ0n) is 18.5. The van der Waals surface area contributed by atoms with E-state index in [1.54, 1.807) is 0 Å². The lowest BCUT2D eigenvalue weighted by Crippen LogP contribution is -2.37. The Hall–Kier alpha value is -3.21. The zero-order chi connectivity index (χ0) is 22.1. The minimum absolute atomic E-state index is 0.0712. The van der Waals surface area contributed by atoms with E-state index in [0.29, 0.717) is 24.1 Å². The van der Waals surface area contributed by atoms with Gasteiger partial charge in [0.25, 0.3) is 0 Å². The first-order chi connectivity index (χ1) is 14.9. The largest absolute Gasteiger partial charge is 0.468 e. The Morgan fingerprint density at radius 3 is 2.29 bits per heavy atom. The molecule has 1 heterocycles. The fraction of sp³-hybridized carbons (Fsp3) is 0.346. The van der Waals surface area contributed by atoms with Crippen molar-refractivity contribution in [3.05, 3.63) is 77.0 Å². The number of ether oxygens (including phenoxy) is 1. The third-order valence-corrected chi connectivity index (χ3v) is 6.38. The van der Waals surface area contributed by atoms with Crippen LogP contribution in [-0.4, -0.2) is 38.7 Å². The van der Waals surface area contributed by atoms with Crippen molar-refractivity contribution < 1.29 is 14.3 Å². The molecular formula is C26H28N2O3. The third-order valence-electron chi connectivity index (χ3n) is 6.38. The molecule has 5 nitrogen and oxygen atoms in total. The number of carbonyl (C=O) groups excluding carboxylic acids is 2. The summed E-state index contributed by atoms with van der Waals surface area (Å²) in [5.74, 6) is -1.14. The number of anilines is 1. The molecule has 31 heavy (non-hydrogen) atoms. The van der Waals surface area contributed by atoms with Crippen LogP contribution >= 0.6 is 0 Å². The number of carbonyl (C=O) groups is 2. The second-order valence-corrected chi connectivity index (χ2v) is 8.52. The number of benzene rings is 2. The van der Waals surface area contributed by atoms with Crippen molar-refractivity contribution in [1.29, 1.82) is 0 Å². The fourth-order valence-corrected chi connectivity index (χ4v) is 4.79. The predicted molar refractivity (Wildman–Crippen MR) is 123 cm³/mol. The Kier molecular flexibility index (Phi) is 5.77. The van der Waals surface area contributed by atoms with Gasteiger partial charge in [-0.2, -0.15) is 0 Å². The second-order valence-electron chi connectivity index (χ2n) is 8.52. The molecule has 0 spiro atoms. The molecule has 3 atom stereocenters. The molecule has 2 aromatic carbocycles. The topological polar surface area (TPSA) is 59.0 Å². The predicted octanol–water partition coefficient (Wildman–Crippen LogP) is 4.50. The minimum atomic E-state index is -0.591. The first kappa shape index (κ1) is 21.0. The first-order valence-corrected chi connectivity index (χ1v) is 10.6. The highest BCUT2D eigenvalue weighted by Gasteiger charge is 2.44. The fourth-order valence-electron chi connectivity index (χ4n) is 4.79. The van der Waals surface area contributed by atoms with E-state index in [2.05, 4.69) is 12.1 Å². The van der Waals surface area contributed by atoms with Gasteiger partial charge in [0.1, 0.15) is 5.92 Å². The lowest BCUT2D eigenvalue weighted by atomic mass is 9.69. The lowest BCUT2D eigenvalue weighted by Gasteiger charge is -2.36. The number of hydrogen-bond acceptors (Lipinski definition) is 5. The third kappa shape index (κ3) is 3.92. The molecule has 0 saturated carbocycles. The van der Waals surface area contributed by atoms with Gasteiger partial charge < -0.3 is 9.64 Å². The Morgan fingerprint density at radius 1 is 1.00 bits per heavy atom. The number of ketones is 1. The van der Waals surface area contributed by atoms with Crippen molar-refractivity contribution in [3.8, 4) is 0 Å². The van der Waals surface area contributed by atoms with Crippen LogP contribution in [0.5, 0.6) is 0 Å². The molecule has 1 aliphatic carbocycles. The van der Waals surface area contributed by atoms with Gasteiger partial charge in [0.15, 0.2) is 5.78 Å². The van der Waals surface area contributed by atoms with Gasteiger partial charge in [-0.1, -0.05) is 42.5 Å². The van der Waals surface area contributed by atoms with E-state index in [9.17, 15) is 9.59 Å². The SMILES string of the molecule is COC(=O)C1C(C)=NC2=C(C(=O)C[C@@H](c3ccccc3)C2)[C@H]1c1ccc(N(C)C)cc1. The summed E-state index contributed by atoms with van der Waals surface area (Å²) in [5, 5.41) is 0. The molecule has 2 aliphatic rings. The van der Waals surface area contributed by atoms with Crippen LogP contribution in [0.2, 0.25) is 0 Å². The van der Waals surface area contributed by atoms with Gasteiger partial charge >= 0.3 is 5.97 Å². The minimum Gasteiger partial charge on any atom is -0.468 e. The number of rotatable bonds is 4. The van der Waals surface area contributed by atoms with Gasteiger partial charge in [-0.05, 0) is 42.5 Å². The molecule has 2 aromatic rings. The van der Waals surface area contributed by atoms with Gasteiger partial charge in [0.2, 0.25) is 0 Å². The molecule has 0 bridgehead atoms. The highest BCUT2D eigenvalue weighted by molar-refractivity contribution is 6.09. The summed E-state index contributed by atoms with van der Waals surface area (Å²) in [6.07, 6.45) is 1.13. The lowest BCUT2D eigenvalue weighted by molar-refractivity contribution is -0.143. The van der Waals surface area contributed by atoms with Crippen LogP contribution in [0.25, 0.3) is 0 Å². The van der Waals surface area contributed by atoms with Gasteiger partial charge in [-0.25, -0.2) is 0 Å². The van der Waals surface area contributed by atoms with E-state index in [4.69, 9.17) is 9.73 Å². The zero-order valence-corrected chi connectivity index (χ0v) is 18.5. The maximum absolute atomic E-state index is 13.4. The van der Waals surface area contributed by atoms with E-state index in [1.807, 2.05) is 68.4 Å². The van der Waals surface area contributed by atoms with E-state index in [-0.39, 0.29) is 23.6 Å². The second kappa shape index (κ2) is 8.50.